The highest BCUT2D eigenvalue weighted by Gasteiger charge is 2.26. The summed E-state index contributed by atoms with van der Waals surface area (Å²) in [5.74, 6) is 0.572. The average molecular weight is 458 g/mol. The lowest BCUT2D eigenvalue weighted by Gasteiger charge is -2.32. The lowest BCUT2D eigenvalue weighted by Crippen LogP contribution is -2.41. The maximum absolute atomic E-state index is 13.0. The van der Waals surface area contributed by atoms with Gasteiger partial charge in [0.15, 0.2) is 0 Å². The molecule has 1 fully saturated rings. The minimum Gasteiger partial charge on any atom is -0.325 e. The van der Waals surface area contributed by atoms with Gasteiger partial charge >= 0.3 is 6.03 Å². The second kappa shape index (κ2) is 9.32. The summed E-state index contributed by atoms with van der Waals surface area (Å²) in [4.78, 5) is 31.4. The Morgan fingerprint density at radius 1 is 0.970 bits per heavy atom. The Labute approximate surface area is 198 Å². The van der Waals surface area contributed by atoms with E-state index in [-0.39, 0.29) is 11.9 Å². The van der Waals surface area contributed by atoms with Crippen molar-refractivity contribution in [1.29, 1.82) is 0 Å². The molecule has 2 aliphatic rings. The molecular weight excluding hydrogens is 430 g/mol. The third-order valence-corrected chi connectivity index (χ3v) is 7.62. The van der Waals surface area contributed by atoms with E-state index in [0.29, 0.717) is 17.2 Å². The first-order valence-corrected chi connectivity index (χ1v) is 12.2. The topological polar surface area (TPSA) is 52.7 Å². The predicted molar refractivity (Wildman–Crippen MR) is 133 cm³/mol. The zero-order chi connectivity index (χ0) is 22.8. The summed E-state index contributed by atoms with van der Waals surface area (Å²) in [7, 11) is 1.78. The average Bonchev–Trinajstić information content (AvgIpc) is 2.95. The SMILES string of the molecule is CN1C(=O)c2ccccc2Sc2ccc(NC(=O)N3CCC(Cc4ccccc4)CC3)cc21. The molecule has 3 aromatic carbocycles. The normalized spacial score (nSPS) is 16.1. The number of anilines is 2. The van der Waals surface area contributed by atoms with Gasteiger partial charge < -0.3 is 15.1 Å². The monoisotopic (exact) mass is 457 g/mol. The van der Waals surface area contributed by atoms with E-state index in [1.54, 1.807) is 23.7 Å². The number of fused-ring (bicyclic) bond motifs is 2. The van der Waals surface area contributed by atoms with Crippen molar-refractivity contribution < 1.29 is 9.59 Å². The van der Waals surface area contributed by atoms with Crippen LogP contribution in [0.3, 0.4) is 0 Å². The molecule has 0 aromatic heterocycles. The van der Waals surface area contributed by atoms with Gasteiger partial charge in [-0.3, -0.25) is 4.79 Å². The number of nitrogens with one attached hydrogen (secondary N) is 1. The number of likely N-dealkylation sites (tertiary alicyclic amines) is 1. The lowest BCUT2D eigenvalue weighted by molar-refractivity contribution is 0.0990. The second-order valence-electron chi connectivity index (χ2n) is 8.70. The first kappa shape index (κ1) is 21.6. The zero-order valence-corrected chi connectivity index (χ0v) is 19.5. The summed E-state index contributed by atoms with van der Waals surface area (Å²) in [6.07, 6.45) is 3.10. The Kier molecular flexibility index (Phi) is 6.09. The second-order valence-corrected chi connectivity index (χ2v) is 9.78. The van der Waals surface area contributed by atoms with Crippen LogP contribution < -0.4 is 10.2 Å². The molecule has 0 aliphatic carbocycles. The minimum absolute atomic E-state index is 0.0409. The van der Waals surface area contributed by atoms with Gasteiger partial charge in [0.05, 0.1) is 11.3 Å². The van der Waals surface area contributed by atoms with Gasteiger partial charge in [-0.2, -0.15) is 0 Å². The summed E-state index contributed by atoms with van der Waals surface area (Å²) in [5.41, 5.74) is 3.58. The number of piperidine rings is 1. The molecule has 3 amide bonds. The molecule has 0 unspecified atom stereocenters. The maximum Gasteiger partial charge on any atom is 0.321 e. The number of benzene rings is 3. The molecule has 0 radical (unpaired) electrons. The molecule has 1 N–H and O–H groups in total. The van der Waals surface area contributed by atoms with Gasteiger partial charge in [0.1, 0.15) is 0 Å². The molecule has 168 valence electrons. The minimum atomic E-state index is -0.0772. The Balaban J connectivity index is 1.24. The summed E-state index contributed by atoms with van der Waals surface area (Å²) in [6.45, 7) is 1.52. The van der Waals surface area contributed by atoms with Crippen LogP contribution in [0.2, 0.25) is 0 Å². The number of carbonyl (C=O) groups excluding carboxylic acids is 2. The first-order chi connectivity index (χ1) is 16.1. The van der Waals surface area contributed by atoms with E-state index in [9.17, 15) is 9.59 Å². The van der Waals surface area contributed by atoms with Crippen molar-refractivity contribution in [2.45, 2.75) is 29.1 Å². The molecular formula is C27H27N3O2S. The largest absolute Gasteiger partial charge is 0.325 e. The summed E-state index contributed by atoms with van der Waals surface area (Å²) in [6, 6.07) is 23.9. The fourth-order valence-corrected chi connectivity index (χ4v) is 5.66. The lowest BCUT2D eigenvalue weighted by atomic mass is 9.90. The smallest absolute Gasteiger partial charge is 0.321 e. The maximum atomic E-state index is 13.0. The van der Waals surface area contributed by atoms with E-state index in [2.05, 4.69) is 29.6 Å². The Morgan fingerprint density at radius 3 is 2.48 bits per heavy atom. The molecule has 0 atom stereocenters. The molecule has 0 spiro atoms. The van der Waals surface area contributed by atoms with E-state index in [4.69, 9.17) is 0 Å². The van der Waals surface area contributed by atoms with Gasteiger partial charge in [0.2, 0.25) is 0 Å². The summed E-state index contributed by atoms with van der Waals surface area (Å²) >= 11 is 1.58. The Bertz CT molecular complexity index is 1170. The molecule has 3 aromatic rings. The number of rotatable bonds is 3. The molecule has 2 heterocycles. The van der Waals surface area contributed by atoms with Crippen LogP contribution in [0.4, 0.5) is 16.2 Å². The van der Waals surface area contributed by atoms with Crippen LogP contribution in [0.25, 0.3) is 0 Å². The third kappa shape index (κ3) is 4.62. The first-order valence-electron chi connectivity index (χ1n) is 11.4. The number of nitrogens with zero attached hydrogens (tertiary/aromatic N) is 2. The Morgan fingerprint density at radius 2 is 1.70 bits per heavy atom. The zero-order valence-electron chi connectivity index (χ0n) is 18.7. The molecule has 6 heteroatoms. The van der Waals surface area contributed by atoms with Crippen LogP contribution in [-0.2, 0) is 6.42 Å². The summed E-state index contributed by atoms with van der Waals surface area (Å²) in [5, 5.41) is 3.04. The van der Waals surface area contributed by atoms with Crippen LogP contribution in [-0.4, -0.2) is 37.0 Å². The third-order valence-electron chi connectivity index (χ3n) is 6.48. The van der Waals surface area contributed by atoms with E-state index in [1.807, 2.05) is 53.4 Å². The van der Waals surface area contributed by atoms with Crippen LogP contribution in [0.15, 0.2) is 82.6 Å². The predicted octanol–water partition coefficient (Wildman–Crippen LogP) is 5.91. The van der Waals surface area contributed by atoms with Crippen molar-refractivity contribution in [2.24, 2.45) is 5.92 Å². The van der Waals surface area contributed by atoms with Crippen molar-refractivity contribution in [1.82, 2.24) is 4.90 Å². The van der Waals surface area contributed by atoms with Crippen molar-refractivity contribution in [3.8, 4) is 0 Å². The Hall–Kier alpha value is -3.25. The number of hydrogen-bond acceptors (Lipinski definition) is 3. The quantitative estimate of drug-likeness (QED) is 0.532. The summed E-state index contributed by atoms with van der Waals surface area (Å²) < 4.78 is 0. The fourth-order valence-electron chi connectivity index (χ4n) is 4.57. The van der Waals surface area contributed by atoms with Gasteiger partial charge in [-0.05, 0) is 61.1 Å². The van der Waals surface area contributed by atoms with E-state index in [0.717, 1.165) is 47.8 Å². The van der Waals surface area contributed by atoms with Crippen molar-refractivity contribution in [2.75, 3.05) is 30.4 Å². The van der Waals surface area contributed by atoms with Gasteiger partial charge in [0.25, 0.3) is 5.91 Å². The van der Waals surface area contributed by atoms with E-state index >= 15 is 0 Å². The highest BCUT2D eigenvalue weighted by molar-refractivity contribution is 7.99. The number of carbonyl (C=O) groups is 2. The van der Waals surface area contributed by atoms with Gasteiger partial charge in [-0.15, -0.1) is 0 Å². The molecule has 5 nitrogen and oxygen atoms in total. The molecule has 0 bridgehead atoms. The molecule has 1 saturated heterocycles. The van der Waals surface area contributed by atoms with Crippen LogP contribution in [0.5, 0.6) is 0 Å². The van der Waals surface area contributed by atoms with Crippen LogP contribution in [0, 0.1) is 5.92 Å². The van der Waals surface area contributed by atoms with Crippen molar-refractivity contribution in [3.05, 3.63) is 83.9 Å². The highest BCUT2D eigenvalue weighted by Crippen LogP contribution is 2.41. The van der Waals surface area contributed by atoms with Crippen molar-refractivity contribution >= 4 is 35.1 Å². The van der Waals surface area contributed by atoms with Gasteiger partial charge in [0, 0.05) is 35.6 Å². The number of hydrogen-bond donors (Lipinski definition) is 1. The number of amides is 3. The highest BCUT2D eigenvalue weighted by atomic mass is 32.2. The van der Waals surface area contributed by atoms with Crippen LogP contribution >= 0.6 is 11.8 Å². The molecule has 2 aliphatic heterocycles. The molecule has 33 heavy (non-hydrogen) atoms. The standard InChI is InChI=1S/C27H27N3O2S/c1-29-23-18-21(11-12-25(23)33-24-10-6-5-9-22(24)26(29)31)28-27(32)30-15-13-20(14-16-30)17-19-7-3-2-4-8-19/h2-12,18,20H,13-17H2,1H3,(H,28,32). The van der Waals surface area contributed by atoms with Gasteiger partial charge in [-0.1, -0.05) is 54.2 Å². The van der Waals surface area contributed by atoms with Crippen LogP contribution in [0.1, 0.15) is 28.8 Å². The molecule has 0 saturated carbocycles. The van der Waals surface area contributed by atoms with E-state index < -0.39 is 0 Å². The van der Waals surface area contributed by atoms with Crippen molar-refractivity contribution in [3.63, 3.8) is 0 Å². The fraction of sp³-hybridized carbons (Fsp3) is 0.259. The number of urea groups is 1. The van der Waals surface area contributed by atoms with E-state index in [1.165, 1.54) is 5.56 Å². The molecule has 5 rings (SSSR count). The van der Waals surface area contributed by atoms with Gasteiger partial charge in [-0.25, -0.2) is 4.79 Å².